The molecule has 30 heavy (non-hydrogen) atoms. The van der Waals surface area contributed by atoms with E-state index in [0.717, 1.165) is 12.1 Å². The molecule has 0 spiro atoms. The van der Waals surface area contributed by atoms with E-state index in [1.165, 1.54) is 17.3 Å². The van der Waals surface area contributed by atoms with Crippen LogP contribution in [0.5, 0.6) is 0 Å². The number of rotatable bonds is 6. The zero-order valence-corrected chi connectivity index (χ0v) is 17.9. The van der Waals surface area contributed by atoms with Gasteiger partial charge in [0.15, 0.2) is 10.9 Å². The number of halogens is 1. The Balaban J connectivity index is 1.75. The lowest BCUT2D eigenvalue weighted by atomic mass is 10.1. The summed E-state index contributed by atoms with van der Waals surface area (Å²) in [5.74, 6) is 0.0795. The van der Waals surface area contributed by atoms with Gasteiger partial charge in [-0.1, -0.05) is 66.7 Å². The summed E-state index contributed by atoms with van der Waals surface area (Å²) in [4.78, 5) is 30.6. The Bertz CT molecular complexity index is 1280. The summed E-state index contributed by atoms with van der Waals surface area (Å²) in [6.45, 7) is 2.08. The number of aromatic nitrogens is 2. The van der Waals surface area contributed by atoms with Crippen molar-refractivity contribution in [1.82, 2.24) is 9.55 Å². The number of para-hydroxylation sites is 1. The summed E-state index contributed by atoms with van der Waals surface area (Å²) < 4.78 is 1.58. The SMILES string of the molecule is CCc1ccc(-n2c(SCC(=O)c3cccc(Cl)c3)nc3ccccc3c2=O)cc1. The molecule has 0 radical (unpaired) electrons. The van der Waals surface area contributed by atoms with Crippen LogP contribution in [0.15, 0.2) is 82.7 Å². The molecule has 4 rings (SSSR count). The molecule has 0 saturated carbocycles. The molecule has 3 aromatic carbocycles. The third kappa shape index (κ3) is 4.18. The topological polar surface area (TPSA) is 52.0 Å². The number of nitrogens with zero attached hydrogens (tertiary/aromatic N) is 2. The van der Waals surface area contributed by atoms with Gasteiger partial charge in [-0.05, 0) is 48.4 Å². The average molecular weight is 435 g/mol. The van der Waals surface area contributed by atoms with Crippen molar-refractivity contribution >= 4 is 40.0 Å². The molecular weight excluding hydrogens is 416 g/mol. The van der Waals surface area contributed by atoms with Crippen LogP contribution in [0.3, 0.4) is 0 Å². The number of Topliss-reactive ketones (excluding diaryl/α,β-unsaturated/α-hetero) is 1. The van der Waals surface area contributed by atoms with Gasteiger partial charge in [-0.3, -0.25) is 14.2 Å². The average Bonchev–Trinajstić information content (AvgIpc) is 2.78. The Labute approximate surface area is 183 Å². The Hall–Kier alpha value is -2.89. The summed E-state index contributed by atoms with van der Waals surface area (Å²) in [6.07, 6.45) is 0.918. The minimum atomic E-state index is -0.150. The third-order valence-corrected chi connectivity index (χ3v) is 6.00. The van der Waals surface area contributed by atoms with E-state index >= 15 is 0 Å². The molecule has 6 heteroatoms. The summed E-state index contributed by atoms with van der Waals surface area (Å²) in [5.41, 5.74) is 2.92. The zero-order chi connectivity index (χ0) is 21.1. The first-order valence-corrected chi connectivity index (χ1v) is 11.0. The number of carbonyl (C=O) groups is 1. The van der Waals surface area contributed by atoms with E-state index in [9.17, 15) is 9.59 Å². The summed E-state index contributed by atoms with van der Waals surface area (Å²) in [6, 6.07) is 22.0. The Kier molecular flexibility index (Phi) is 6.02. The molecule has 0 amide bonds. The normalized spacial score (nSPS) is 11.0. The molecule has 1 aromatic heterocycles. The van der Waals surface area contributed by atoms with Crippen molar-refractivity contribution in [3.05, 3.63) is 99.3 Å². The number of hydrogen-bond acceptors (Lipinski definition) is 4. The van der Waals surface area contributed by atoms with Gasteiger partial charge >= 0.3 is 0 Å². The molecule has 0 aliphatic heterocycles. The molecule has 0 N–H and O–H groups in total. The first-order valence-electron chi connectivity index (χ1n) is 9.59. The van der Waals surface area contributed by atoms with Gasteiger partial charge < -0.3 is 0 Å². The Morgan fingerprint density at radius 1 is 1.03 bits per heavy atom. The fourth-order valence-corrected chi connectivity index (χ4v) is 4.29. The summed E-state index contributed by atoms with van der Waals surface area (Å²) >= 11 is 7.25. The van der Waals surface area contributed by atoms with E-state index < -0.39 is 0 Å². The maximum absolute atomic E-state index is 13.3. The minimum absolute atomic E-state index is 0.0715. The number of ketones is 1. The molecule has 0 aliphatic rings. The van der Waals surface area contributed by atoms with Crippen LogP contribution in [0.25, 0.3) is 16.6 Å². The number of aryl methyl sites for hydroxylation is 1. The van der Waals surface area contributed by atoms with Crippen LogP contribution in [-0.4, -0.2) is 21.1 Å². The lowest BCUT2D eigenvalue weighted by molar-refractivity contribution is 0.102. The lowest BCUT2D eigenvalue weighted by Crippen LogP contribution is -2.22. The smallest absolute Gasteiger partial charge is 0.266 e. The number of fused-ring (bicyclic) bond motifs is 1. The van der Waals surface area contributed by atoms with E-state index in [2.05, 4.69) is 11.9 Å². The van der Waals surface area contributed by atoms with Crippen LogP contribution < -0.4 is 5.56 Å². The Morgan fingerprint density at radius 2 is 1.80 bits per heavy atom. The predicted octanol–water partition coefficient (Wildman–Crippen LogP) is 5.58. The first kappa shape index (κ1) is 20.4. The van der Waals surface area contributed by atoms with E-state index in [-0.39, 0.29) is 17.1 Å². The molecule has 0 bridgehead atoms. The van der Waals surface area contributed by atoms with Crippen molar-refractivity contribution in [2.24, 2.45) is 0 Å². The number of thioether (sulfide) groups is 1. The molecule has 1 heterocycles. The molecule has 4 aromatic rings. The van der Waals surface area contributed by atoms with E-state index in [1.54, 1.807) is 34.9 Å². The van der Waals surface area contributed by atoms with Gasteiger partial charge in [0, 0.05) is 10.6 Å². The van der Waals surface area contributed by atoms with Crippen molar-refractivity contribution in [1.29, 1.82) is 0 Å². The van der Waals surface area contributed by atoms with E-state index in [4.69, 9.17) is 11.6 Å². The maximum atomic E-state index is 13.3. The summed E-state index contributed by atoms with van der Waals surface area (Å²) in [5, 5.41) is 1.54. The van der Waals surface area contributed by atoms with Gasteiger partial charge in [0.05, 0.1) is 22.3 Å². The van der Waals surface area contributed by atoms with E-state index in [1.807, 2.05) is 42.5 Å². The van der Waals surface area contributed by atoms with Crippen LogP contribution >= 0.6 is 23.4 Å². The van der Waals surface area contributed by atoms with Crippen LogP contribution in [0.2, 0.25) is 5.02 Å². The standard InChI is InChI=1S/C24H19ClN2O2S/c1-2-16-10-12-19(13-11-16)27-23(29)20-8-3-4-9-21(20)26-24(27)30-15-22(28)17-6-5-7-18(25)14-17/h3-14H,2,15H2,1H3. The fourth-order valence-electron chi connectivity index (χ4n) is 3.19. The second-order valence-electron chi connectivity index (χ2n) is 6.79. The highest BCUT2D eigenvalue weighted by molar-refractivity contribution is 7.99. The number of hydrogen-bond donors (Lipinski definition) is 0. The molecule has 0 fully saturated rings. The lowest BCUT2D eigenvalue weighted by Gasteiger charge is -2.13. The van der Waals surface area contributed by atoms with Crippen LogP contribution in [0.1, 0.15) is 22.8 Å². The highest BCUT2D eigenvalue weighted by Gasteiger charge is 2.15. The van der Waals surface area contributed by atoms with Gasteiger partial charge in [0.25, 0.3) is 5.56 Å². The molecule has 150 valence electrons. The molecule has 0 saturated heterocycles. The van der Waals surface area contributed by atoms with Gasteiger partial charge in [-0.25, -0.2) is 4.98 Å². The quantitative estimate of drug-likeness (QED) is 0.226. The predicted molar refractivity (Wildman–Crippen MR) is 123 cm³/mol. The maximum Gasteiger partial charge on any atom is 0.266 e. The molecule has 0 unspecified atom stereocenters. The van der Waals surface area contributed by atoms with Crippen LogP contribution in [0.4, 0.5) is 0 Å². The second-order valence-corrected chi connectivity index (χ2v) is 8.17. The minimum Gasteiger partial charge on any atom is -0.293 e. The molecule has 0 atom stereocenters. The van der Waals surface area contributed by atoms with Crippen LogP contribution in [-0.2, 0) is 6.42 Å². The van der Waals surface area contributed by atoms with E-state index in [0.29, 0.717) is 26.6 Å². The van der Waals surface area contributed by atoms with Gasteiger partial charge in [0.2, 0.25) is 0 Å². The van der Waals surface area contributed by atoms with Gasteiger partial charge in [-0.2, -0.15) is 0 Å². The van der Waals surface area contributed by atoms with Gasteiger partial charge in [-0.15, -0.1) is 0 Å². The molecule has 0 aliphatic carbocycles. The molecule has 4 nitrogen and oxygen atoms in total. The highest BCUT2D eigenvalue weighted by atomic mass is 35.5. The van der Waals surface area contributed by atoms with Crippen molar-refractivity contribution in [2.45, 2.75) is 18.5 Å². The first-order chi connectivity index (χ1) is 14.6. The Morgan fingerprint density at radius 3 is 2.53 bits per heavy atom. The number of benzene rings is 3. The van der Waals surface area contributed by atoms with Crippen molar-refractivity contribution in [3.8, 4) is 5.69 Å². The number of carbonyl (C=O) groups excluding carboxylic acids is 1. The fraction of sp³-hybridized carbons (Fsp3) is 0.125. The highest BCUT2D eigenvalue weighted by Crippen LogP contribution is 2.23. The van der Waals surface area contributed by atoms with Crippen molar-refractivity contribution < 1.29 is 4.79 Å². The zero-order valence-electron chi connectivity index (χ0n) is 16.3. The largest absolute Gasteiger partial charge is 0.293 e. The van der Waals surface area contributed by atoms with Crippen molar-refractivity contribution in [3.63, 3.8) is 0 Å². The molecular formula is C24H19ClN2O2S. The monoisotopic (exact) mass is 434 g/mol. The van der Waals surface area contributed by atoms with Crippen LogP contribution in [0, 0.1) is 0 Å². The van der Waals surface area contributed by atoms with Crippen molar-refractivity contribution in [2.75, 3.05) is 5.75 Å². The van der Waals surface area contributed by atoms with Gasteiger partial charge in [0.1, 0.15) is 0 Å². The third-order valence-electron chi connectivity index (χ3n) is 4.83. The second kappa shape index (κ2) is 8.86. The summed E-state index contributed by atoms with van der Waals surface area (Å²) in [7, 11) is 0.